The van der Waals surface area contributed by atoms with Gasteiger partial charge in [-0.25, -0.2) is 12.7 Å². The zero-order valence-corrected chi connectivity index (χ0v) is 19.1. The van der Waals surface area contributed by atoms with Crippen molar-refractivity contribution >= 4 is 10.0 Å². The van der Waals surface area contributed by atoms with Crippen LogP contribution >= 0.6 is 0 Å². The highest BCUT2D eigenvalue weighted by Crippen LogP contribution is 2.49. The summed E-state index contributed by atoms with van der Waals surface area (Å²) in [5, 5.41) is 22.1. The Kier molecular flexibility index (Phi) is 7.57. The number of benzene rings is 1. The molecular formula is C23H35NO4S. The van der Waals surface area contributed by atoms with Crippen LogP contribution in [0.4, 0.5) is 0 Å². The fraction of sp³-hybridized carbons (Fsp3) is 0.565. The SMILES string of the molecule is C=C(C)C1CCC(C)=CC1c1c(O)cc(CCCCC)c(S(=O)(=O)N(C)C)c1O. The quantitative estimate of drug-likeness (QED) is 0.452. The number of unbranched alkanes of at least 4 members (excludes halogenated alkanes) is 2. The molecular weight excluding hydrogens is 386 g/mol. The van der Waals surface area contributed by atoms with Gasteiger partial charge in [0, 0.05) is 25.6 Å². The van der Waals surface area contributed by atoms with Crippen molar-refractivity contribution in [2.24, 2.45) is 5.92 Å². The Morgan fingerprint density at radius 2 is 1.93 bits per heavy atom. The van der Waals surface area contributed by atoms with Crippen LogP contribution in [0.15, 0.2) is 34.8 Å². The minimum Gasteiger partial charge on any atom is -0.507 e. The lowest BCUT2D eigenvalue weighted by molar-refractivity contribution is 0.395. The predicted octanol–water partition coefficient (Wildman–Crippen LogP) is 5.10. The van der Waals surface area contributed by atoms with E-state index in [1.807, 2.05) is 19.9 Å². The molecule has 0 saturated heterocycles. The number of phenolic OH excluding ortho intramolecular Hbond substituents is 2. The normalized spacial score (nSPS) is 20.0. The summed E-state index contributed by atoms with van der Waals surface area (Å²) in [6.07, 6.45) is 7.04. The van der Waals surface area contributed by atoms with Gasteiger partial charge < -0.3 is 10.2 Å². The predicted molar refractivity (Wildman–Crippen MR) is 118 cm³/mol. The second-order valence-corrected chi connectivity index (χ2v) is 10.5. The summed E-state index contributed by atoms with van der Waals surface area (Å²) >= 11 is 0. The highest BCUT2D eigenvalue weighted by Gasteiger charge is 2.35. The summed E-state index contributed by atoms with van der Waals surface area (Å²) in [7, 11) is -0.962. The van der Waals surface area contributed by atoms with E-state index in [0.29, 0.717) is 12.0 Å². The van der Waals surface area contributed by atoms with Crippen molar-refractivity contribution in [1.29, 1.82) is 0 Å². The highest BCUT2D eigenvalue weighted by atomic mass is 32.2. The van der Waals surface area contributed by atoms with Crippen LogP contribution in [0.2, 0.25) is 0 Å². The summed E-state index contributed by atoms with van der Waals surface area (Å²) in [5.41, 5.74) is 2.88. The molecule has 0 saturated carbocycles. The van der Waals surface area contributed by atoms with Gasteiger partial charge in [-0.05, 0) is 57.1 Å². The maximum atomic E-state index is 13.1. The Labute approximate surface area is 175 Å². The van der Waals surface area contributed by atoms with Gasteiger partial charge in [-0.1, -0.05) is 43.6 Å². The van der Waals surface area contributed by atoms with Crippen LogP contribution in [0.5, 0.6) is 11.5 Å². The van der Waals surface area contributed by atoms with Crippen LogP contribution in [0.1, 0.15) is 69.9 Å². The van der Waals surface area contributed by atoms with Gasteiger partial charge in [0.15, 0.2) is 0 Å². The Morgan fingerprint density at radius 1 is 1.28 bits per heavy atom. The summed E-state index contributed by atoms with van der Waals surface area (Å²) in [4.78, 5) is -0.0801. The number of allylic oxidation sites excluding steroid dienone is 3. The van der Waals surface area contributed by atoms with Crippen LogP contribution in [-0.2, 0) is 16.4 Å². The first-order valence-electron chi connectivity index (χ1n) is 10.3. The van der Waals surface area contributed by atoms with Gasteiger partial charge in [-0.2, -0.15) is 0 Å². The lowest BCUT2D eigenvalue weighted by atomic mass is 9.73. The molecule has 0 bridgehead atoms. The molecule has 1 aliphatic rings. The van der Waals surface area contributed by atoms with Crippen LogP contribution in [-0.4, -0.2) is 37.0 Å². The maximum Gasteiger partial charge on any atom is 0.246 e. The lowest BCUT2D eigenvalue weighted by Crippen LogP contribution is -2.25. The fourth-order valence-corrected chi connectivity index (χ4v) is 5.37. The molecule has 2 atom stereocenters. The summed E-state index contributed by atoms with van der Waals surface area (Å²) in [5.74, 6) is -0.639. The molecule has 162 valence electrons. The van der Waals surface area contributed by atoms with E-state index < -0.39 is 10.0 Å². The van der Waals surface area contributed by atoms with Crippen LogP contribution < -0.4 is 0 Å². The minimum atomic E-state index is -3.88. The van der Waals surface area contributed by atoms with E-state index in [2.05, 4.69) is 13.5 Å². The van der Waals surface area contributed by atoms with Crippen molar-refractivity contribution in [3.8, 4) is 11.5 Å². The number of sulfonamides is 1. The summed E-state index contributed by atoms with van der Waals surface area (Å²) < 4.78 is 27.3. The average Bonchev–Trinajstić information content (AvgIpc) is 2.61. The third-order valence-electron chi connectivity index (χ3n) is 5.85. The third kappa shape index (κ3) is 4.86. The molecule has 0 radical (unpaired) electrons. The largest absolute Gasteiger partial charge is 0.507 e. The molecule has 0 fully saturated rings. The van der Waals surface area contributed by atoms with Crippen molar-refractivity contribution in [1.82, 2.24) is 4.31 Å². The van der Waals surface area contributed by atoms with Gasteiger partial charge in [0.25, 0.3) is 0 Å². The third-order valence-corrected chi connectivity index (χ3v) is 7.78. The van der Waals surface area contributed by atoms with Crippen molar-refractivity contribution < 1.29 is 18.6 Å². The Balaban J connectivity index is 2.74. The molecule has 0 aromatic heterocycles. The number of rotatable bonds is 8. The molecule has 2 rings (SSSR count). The van der Waals surface area contributed by atoms with E-state index in [9.17, 15) is 18.6 Å². The zero-order valence-electron chi connectivity index (χ0n) is 18.3. The van der Waals surface area contributed by atoms with E-state index in [0.717, 1.165) is 47.6 Å². The van der Waals surface area contributed by atoms with Crippen molar-refractivity contribution in [3.05, 3.63) is 41.0 Å². The second kappa shape index (κ2) is 9.35. The summed E-state index contributed by atoms with van der Waals surface area (Å²) in [6, 6.07) is 1.54. The lowest BCUT2D eigenvalue weighted by Gasteiger charge is -2.32. The van der Waals surface area contributed by atoms with Gasteiger partial charge in [0.1, 0.15) is 16.4 Å². The zero-order chi connectivity index (χ0) is 21.9. The van der Waals surface area contributed by atoms with Crippen molar-refractivity contribution in [2.75, 3.05) is 14.1 Å². The number of aromatic hydroxyl groups is 2. The first-order chi connectivity index (χ1) is 13.5. The molecule has 0 spiro atoms. The van der Waals surface area contributed by atoms with Gasteiger partial charge in [0.2, 0.25) is 10.0 Å². The number of nitrogens with zero attached hydrogens (tertiary/aromatic N) is 1. The molecule has 0 heterocycles. The molecule has 1 aromatic rings. The Morgan fingerprint density at radius 3 is 2.48 bits per heavy atom. The number of hydrogen-bond donors (Lipinski definition) is 2. The van der Waals surface area contributed by atoms with Gasteiger partial charge in [0.05, 0.1) is 0 Å². The molecule has 1 aromatic carbocycles. The fourth-order valence-electron chi connectivity index (χ4n) is 4.16. The molecule has 0 amide bonds. The molecule has 2 unspecified atom stereocenters. The van der Waals surface area contributed by atoms with Crippen LogP contribution in [0, 0.1) is 5.92 Å². The van der Waals surface area contributed by atoms with E-state index in [1.165, 1.54) is 20.2 Å². The van der Waals surface area contributed by atoms with E-state index in [4.69, 9.17) is 0 Å². The molecule has 29 heavy (non-hydrogen) atoms. The molecule has 0 aliphatic heterocycles. The van der Waals surface area contributed by atoms with E-state index in [1.54, 1.807) is 0 Å². The number of phenols is 2. The van der Waals surface area contributed by atoms with Gasteiger partial charge in [-0.3, -0.25) is 0 Å². The minimum absolute atomic E-state index is 0.0383. The first kappa shape index (κ1) is 23.5. The van der Waals surface area contributed by atoms with Crippen molar-refractivity contribution in [2.45, 2.75) is 70.1 Å². The molecule has 2 N–H and O–H groups in total. The Bertz CT molecular complexity index is 900. The van der Waals surface area contributed by atoms with Crippen molar-refractivity contribution in [3.63, 3.8) is 0 Å². The second-order valence-electron chi connectivity index (χ2n) is 8.42. The molecule has 6 heteroatoms. The monoisotopic (exact) mass is 421 g/mol. The highest BCUT2D eigenvalue weighted by molar-refractivity contribution is 7.89. The average molecular weight is 422 g/mol. The first-order valence-corrected chi connectivity index (χ1v) is 11.8. The molecule has 5 nitrogen and oxygen atoms in total. The van der Waals surface area contributed by atoms with E-state index >= 15 is 0 Å². The standard InChI is InChI=1S/C23H35NO4S/c1-7-8-9-10-17-14-20(25)21(22(26)23(17)29(27,28)24(5)6)19-13-16(4)11-12-18(19)15(2)3/h13-14,18-19,25-26H,2,7-12H2,1,3-6H3. The van der Waals surface area contributed by atoms with Crippen LogP contribution in [0.25, 0.3) is 0 Å². The topological polar surface area (TPSA) is 77.8 Å². The maximum absolute atomic E-state index is 13.1. The van der Waals surface area contributed by atoms with E-state index in [-0.39, 0.29) is 33.8 Å². The smallest absolute Gasteiger partial charge is 0.246 e. The number of hydrogen-bond acceptors (Lipinski definition) is 4. The van der Waals surface area contributed by atoms with Crippen LogP contribution in [0.3, 0.4) is 0 Å². The molecule has 1 aliphatic carbocycles. The summed E-state index contributed by atoms with van der Waals surface area (Å²) in [6.45, 7) is 10.1. The Hall–Kier alpha value is -1.79. The van der Waals surface area contributed by atoms with Gasteiger partial charge in [-0.15, -0.1) is 0 Å². The van der Waals surface area contributed by atoms with Gasteiger partial charge >= 0.3 is 0 Å². The number of aryl methyl sites for hydroxylation is 1.